The number of rotatable bonds is 12. The maximum absolute atomic E-state index is 11.5. The van der Waals surface area contributed by atoms with Crippen LogP contribution < -0.4 is 9.47 Å². The largest absolute Gasteiger partial charge is 0.496 e. The van der Waals surface area contributed by atoms with Gasteiger partial charge in [-0.15, -0.1) is 0 Å². The lowest BCUT2D eigenvalue weighted by Crippen LogP contribution is -2.17. The fourth-order valence-corrected chi connectivity index (χ4v) is 4.40. The predicted octanol–water partition coefficient (Wildman–Crippen LogP) is 5.55. The van der Waals surface area contributed by atoms with Gasteiger partial charge in [0.05, 0.1) is 26.7 Å². The number of aliphatic hydroxyl groups excluding tert-OH is 1. The maximum atomic E-state index is 11.5. The van der Waals surface area contributed by atoms with E-state index in [0.717, 1.165) is 41.5 Å². The Morgan fingerprint density at radius 2 is 1.47 bits per heavy atom. The van der Waals surface area contributed by atoms with Gasteiger partial charge in [-0.25, -0.2) is 0 Å². The van der Waals surface area contributed by atoms with Crippen molar-refractivity contribution in [2.24, 2.45) is 5.92 Å². The molecule has 5 nitrogen and oxygen atoms in total. The van der Waals surface area contributed by atoms with Crippen LogP contribution in [0.5, 0.6) is 11.5 Å². The topological polar surface area (TPSA) is 76.0 Å². The quantitative estimate of drug-likeness (QED) is 0.369. The summed E-state index contributed by atoms with van der Waals surface area (Å²) in [6, 6.07) is 21.8. The Hall–Kier alpha value is -3.31. The number of carboxylic acid groups (broad SMARTS) is 1. The molecule has 2 N–H and O–H groups in total. The van der Waals surface area contributed by atoms with E-state index in [1.54, 1.807) is 14.2 Å². The zero-order valence-corrected chi connectivity index (χ0v) is 20.2. The first-order valence-electron chi connectivity index (χ1n) is 11.7. The number of aliphatic hydroxyl groups is 1. The normalized spacial score (nSPS) is 12.7. The Bertz CT molecular complexity index is 1030. The molecular formula is C29H34O5. The minimum Gasteiger partial charge on any atom is -0.496 e. The number of aliphatic carboxylic acids is 1. The van der Waals surface area contributed by atoms with E-state index in [-0.39, 0.29) is 12.3 Å². The summed E-state index contributed by atoms with van der Waals surface area (Å²) >= 11 is 0. The summed E-state index contributed by atoms with van der Waals surface area (Å²) < 4.78 is 11.0. The van der Waals surface area contributed by atoms with Crippen LogP contribution in [0.1, 0.15) is 46.8 Å². The smallest absolute Gasteiger partial charge is 0.307 e. The minimum atomic E-state index is -0.843. The molecule has 0 fully saturated rings. The fourth-order valence-electron chi connectivity index (χ4n) is 4.40. The molecule has 0 amide bonds. The Morgan fingerprint density at radius 3 is 2.03 bits per heavy atom. The Balaban J connectivity index is 1.82. The number of aryl methyl sites for hydroxylation is 1. The first-order valence-corrected chi connectivity index (χ1v) is 11.7. The van der Waals surface area contributed by atoms with Crippen molar-refractivity contribution in [3.8, 4) is 11.5 Å². The van der Waals surface area contributed by atoms with E-state index in [2.05, 4.69) is 12.1 Å². The van der Waals surface area contributed by atoms with Crippen molar-refractivity contribution in [2.75, 3.05) is 14.2 Å². The summed E-state index contributed by atoms with van der Waals surface area (Å²) in [5.41, 5.74) is 4.80. The molecule has 0 bridgehead atoms. The second-order valence-corrected chi connectivity index (χ2v) is 8.72. The molecule has 3 rings (SSSR count). The zero-order chi connectivity index (χ0) is 24.5. The summed E-state index contributed by atoms with van der Waals surface area (Å²) in [6.07, 6.45) is 2.72. The maximum Gasteiger partial charge on any atom is 0.307 e. The number of ether oxygens (including phenoxy) is 2. The van der Waals surface area contributed by atoms with Gasteiger partial charge in [-0.3, -0.25) is 4.79 Å². The van der Waals surface area contributed by atoms with E-state index in [9.17, 15) is 9.90 Å². The first kappa shape index (κ1) is 25.3. The van der Waals surface area contributed by atoms with Crippen molar-refractivity contribution in [1.29, 1.82) is 0 Å². The highest BCUT2D eigenvalue weighted by molar-refractivity contribution is 5.70. The monoisotopic (exact) mass is 462 g/mol. The molecule has 0 saturated carbocycles. The van der Waals surface area contributed by atoms with Crippen LogP contribution in [0, 0.1) is 12.8 Å². The number of benzene rings is 3. The van der Waals surface area contributed by atoms with E-state index < -0.39 is 12.1 Å². The summed E-state index contributed by atoms with van der Waals surface area (Å²) in [7, 11) is 3.24. The molecule has 0 unspecified atom stereocenters. The van der Waals surface area contributed by atoms with Crippen LogP contribution in [0.25, 0.3) is 0 Å². The highest BCUT2D eigenvalue weighted by Crippen LogP contribution is 2.36. The number of methoxy groups -OCH3 is 2. The average Bonchev–Trinajstić information content (AvgIpc) is 2.84. The van der Waals surface area contributed by atoms with Gasteiger partial charge in [0.2, 0.25) is 0 Å². The van der Waals surface area contributed by atoms with Gasteiger partial charge in [0.1, 0.15) is 11.5 Å². The molecule has 3 aromatic rings. The van der Waals surface area contributed by atoms with Crippen molar-refractivity contribution in [2.45, 2.75) is 45.1 Å². The Kier molecular flexibility index (Phi) is 9.11. The molecular weight excluding hydrogens is 428 g/mol. The van der Waals surface area contributed by atoms with Crippen molar-refractivity contribution in [1.82, 2.24) is 0 Å². The van der Waals surface area contributed by atoms with Gasteiger partial charge >= 0.3 is 5.97 Å². The lowest BCUT2D eigenvalue weighted by molar-refractivity contribution is -0.136. The molecule has 34 heavy (non-hydrogen) atoms. The molecule has 0 spiro atoms. The number of hydrogen-bond donors (Lipinski definition) is 2. The van der Waals surface area contributed by atoms with E-state index in [1.807, 2.05) is 61.5 Å². The standard InChI is InChI=1S/C29H34O5/c1-20-26(33-2)18-25(19-27(20)34-3)29(32)24(11-7-10-21-8-5-4-6-9-21)16-22-12-14-23(15-13-22)17-28(30)31/h4-6,8-9,12-15,18-19,24,29,32H,7,10-11,16-17H2,1-3H3,(H,30,31)/t24-,29-/m1/s1. The summed E-state index contributed by atoms with van der Waals surface area (Å²) in [4.78, 5) is 11.0. The van der Waals surface area contributed by atoms with Crippen LogP contribution >= 0.6 is 0 Å². The van der Waals surface area contributed by atoms with E-state index in [4.69, 9.17) is 14.6 Å². The van der Waals surface area contributed by atoms with Gasteiger partial charge in [-0.1, -0.05) is 54.6 Å². The molecule has 0 saturated heterocycles. The fraction of sp³-hybridized carbons (Fsp3) is 0.345. The molecule has 0 aliphatic carbocycles. The van der Waals surface area contributed by atoms with Gasteiger partial charge < -0.3 is 19.7 Å². The second kappa shape index (κ2) is 12.2. The molecule has 180 valence electrons. The molecule has 0 radical (unpaired) electrons. The highest BCUT2D eigenvalue weighted by atomic mass is 16.5. The zero-order valence-electron chi connectivity index (χ0n) is 20.2. The lowest BCUT2D eigenvalue weighted by Gasteiger charge is -2.25. The van der Waals surface area contributed by atoms with Gasteiger partial charge in [0.25, 0.3) is 0 Å². The van der Waals surface area contributed by atoms with Crippen molar-refractivity contribution < 1.29 is 24.5 Å². The molecule has 0 aliphatic rings. The third kappa shape index (κ3) is 6.84. The van der Waals surface area contributed by atoms with Crippen LogP contribution in [0.3, 0.4) is 0 Å². The molecule has 5 heteroatoms. The third-order valence-electron chi connectivity index (χ3n) is 6.32. The van der Waals surface area contributed by atoms with Crippen LogP contribution in [0.4, 0.5) is 0 Å². The number of carbonyl (C=O) groups is 1. The molecule has 3 aromatic carbocycles. The summed E-state index contributed by atoms with van der Waals surface area (Å²) in [6.45, 7) is 1.93. The Labute approximate surface area is 202 Å². The number of carboxylic acids is 1. The second-order valence-electron chi connectivity index (χ2n) is 8.72. The van der Waals surface area contributed by atoms with Crippen molar-refractivity contribution in [3.05, 3.63) is 94.5 Å². The average molecular weight is 463 g/mol. The van der Waals surface area contributed by atoms with Gasteiger partial charge in [0, 0.05) is 5.56 Å². The van der Waals surface area contributed by atoms with Crippen LogP contribution in [0.15, 0.2) is 66.7 Å². The lowest BCUT2D eigenvalue weighted by atomic mass is 9.85. The van der Waals surface area contributed by atoms with E-state index >= 15 is 0 Å². The molecule has 0 aromatic heterocycles. The van der Waals surface area contributed by atoms with Gasteiger partial charge in [-0.05, 0) is 72.9 Å². The first-order chi connectivity index (χ1) is 16.4. The third-order valence-corrected chi connectivity index (χ3v) is 6.32. The number of hydrogen-bond acceptors (Lipinski definition) is 4. The van der Waals surface area contributed by atoms with Gasteiger partial charge in [-0.2, -0.15) is 0 Å². The van der Waals surface area contributed by atoms with Crippen molar-refractivity contribution in [3.63, 3.8) is 0 Å². The molecule has 0 aliphatic heterocycles. The SMILES string of the molecule is COc1cc([C@H](O)[C@H](CCCc2ccccc2)Cc2ccc(CC(=O)O)cc2)cc(OC)c1C. The van der Waals surface area contributed by atoms with Crippen LogP contribution in [-0.2, 0) is 24.1 Å². The summed E-state index contributed by atoms with van der Waals surface area (Å²) in [5.74, 6) is 0.513. The van der Waals surface area contributed by atoms with E-state index in [1.165, 1.54) is 5.56 Å². The minimum absolute atomic E-state index is 0.00631. The van der Waals surface area contributed by atoms with Gasteiger partial charge in [0.15, 0.2) is 0 Å². The van der Waals surface area contributed by atoms with Crippen LogP contribution in [0.2, 0.25) is 0 Å². The van der Waals surface area contributed by atoms with E-state index in [0.29, 0.717) is 17.9 Å². The molecule has 2 atom stereocenters. The summed E-state index contributed by atoms with van der Waals surface area (Å²) in [5, 5.41) is 20.5. The highest BCUT2D eigenvalue weighted by Gasteiger charge is 2.24. The van der Waals surface area contributed by atoms with Crippen LogP contribution in [-0.4, -0.2) is 30.4 Å². The predicted molar refractivity (Wildman–Crippen MR) is 134 cm³/mol. The van der Waals surface area contributed by atoms with Crippen molar-refractivity contribution >= 4 is 5.97 Å². The Morgan fingerprint density at radius 1 is 0.882 bits per heavy atom. The molecule has 0 heterocycles.